The van der Waals surface area contributed by atoms with Crippen LogP contribution in [-0.2, 0) is 10.0 Å². The van der Waals surface area contributed by atoms with Gasteiger partial charge in [-0.3, -0.25) is 9.62 Å². The number of aromatic nitrogens is 2. The molecule has 3 atom stereocenters. The van der Waals surface area contributed by atoms with E-state index >= 15 is 0 Å². The van der Waals surface area contributed by atoms with Crippen molar-refractivity contribution in [1.82, 2.24) is 14.3 Å². The quantitative estimate of drug-likeness (QED) is 0.488. The number of fused-ring (bicyclic) bond motifs is 1. The minimum atomic E-state index is -3.89. The van der Waals surface area contributed by atoms with Gasteiger partial charge in [0.15, 0.2) is 0 Å². The molecule has 0 bridgehead atoms. The van der Waals surface area contributed by atoms with Crippen LogP contribution >= 0.6 is 11.5 Å². The van der Waals surface area contributed by atoms with Gasteiger partial charge in [0.2, 0.25) is 11.6 Å². The van der Waals surface area contributed by atoms with E-state index in [4.69, 9.17) is 4.74 Å². The minimum absolute atomic E-state index is 0.0265. The minimum Gasteiger partial charge on any atom is -0.493 e. The molecule has 3 aromatic rings. The first-order chi connectivity index (χ1) is 16.8. The third-order valence-corrected chi connectivity index (χ3v) is 8.63. The van der Waals surface area contributed by atoms with Crippen LogP contribution in [-0.4, -0.2) is 42.3 Å². The van der Waals surface area contributed by atoms with Crippen LogP contribution in [0.2, 0.25) is 0 Å². The average Bonchev–Trinajstić information content (AvgIpc) is 3.36. The van der Waals surface area contributed by atoms with Crippen molar-refractivity contribution in [2.75, 3.05) is 17.9 Å². The Morgan fingerprint density at radius 1 is 1.11 bits per heavy atom. The van der Waals surface area contributed by atoms with Crippen LogP contribution in [0.25, 0.3) is 0 Å². The topological polar surface area (TPSA) is 84.4 Å². The standard InChI is InChI=1S/C23H23F3N4O3S2/c24-16-3-1-14(2-4-16)20-11-15(22(25)26)7-9-30(20)19-8-10-33-21-12-17(5-6-18(19)21)35(31,32)29-23-27-13-28-34-23/h1-6,12-13,15,19-20,22H,7-11H2,(H,27,28,29)/t15-,19+,20?/m1/s1. The first kappa shape index (κ1) is 24.0. The maximum atomic E-state index is 13.6. The molecule has 35 heavy (non-hydrogen) atoms. The van der Waals surface area contributed by atoms with Crippen molar-refractivity contribution < 1.29 is 26.3 Å². The fourth-order valence-corrected chi connectivity index (χ4v) is 6.56. The summed E-state index contributed by atoms with van der Waals surface area (Å²) in [5.74, 6) is -0.677. The van der Waals surface area contributed by atoms with E-state index in [9.17, 15) is 21.6 Å². The van der Waals surface area contributed by atoms with Gasteiger partial charge in [0, 0.05) is 47.6 Å². The van der Waals surface area contributed by atoms with Crippen LogP contribution in [0.1, 0.15) is 42.5 Å². The summed E-state index contributed by atoms with van der Waals surface area (Å²) in [6, 6.07) is 10.2. The highest BCUT2D eigenvalue weighted by Gasteiger charge is 2.39. The molecule has 0 radical (unpaired) electrons. The Bertz CT molecular complexity index is 1270. The smallest absolute Gasteiger partial charge is 0.263 e. The monoisotopic (exact) mass is 524 g/mol. The van der Waals surface area contributed by atoms with Gasteiger partial charge >= 0.3 is 0 Å². The third kappa shape index (κ3) is 5.00. The number of hydrogen-bond acceptors (Lipinski definition) is 7. The number of halogens is 3. The molecule has 1 fully saturated rings. The molecule has 0 amide bonds. The first-order valence-electron chi connectivity index (χ1n) is 11.2. The molecular weight excluding hydrogens is 501 g/mol. The predicted octanol–water partition coefficient (Wildman–Crippen LogP) is 5.02. The Kier molecular flexibility index (Phi) is 6.69. The number of benzene rings is 2. The lowest BCUT2D eigenvalue weighted by atomic mass is 9.84. The maximum Gasteiger partial charge on any atom is 0.263 e. The van der Waals surface area contributed by atoms with Crippen molar-refractivity contribution in [3.8, 4) is 5.75 Å². The molecule has 2 aliphatic rings. The molecule has 5 rings (SSSR count). The van der Waals surface area contributed by atoms with Crippen molar-refractivity contribution in [1.29, 1.82) is 0 Å². The Balaban J connectivity index is 1.45. The summed E-state index contributed by atoms with van der Waals surface area (Å²) in [6.07, 6.45) is 0.0706. The molecule has 0 aliphatic carbocycles. The second-order valence-corrected chi connectivity index (χ2v) is 11.1. The summed E-state index contributed by atoms with van der Waals surface area (Å²) in [4.78, 5) is 6.05. The Morgan fingerprint density at radius 3 is 2.63 bits per heavy atom. The predicted molar refractivity (Wildman–Crippen MR) is 125 cm³/mol. The number of piperidine rings is 1. The molecular formula is C23H23F3N4O3S2. The van der Waals surface area contributed by atoms with Crippen LogP contribution in [0.3, 0.4) is 0 Å². The molecule has 186 valence electrons. The number of alkyl halides is 2. The van der Waals surface area contributed by atoms with Crippen molar-refractivity contribution in [2.24, 2.45) is 5.92 Å². The number of sulfonamides is 1. The lowest BCUT2D eigenvalue weighted by Gasteiger charge is -2.45. The first-order valence-corrected chi connectivity index (χ1v) is 13.4. The summed E-state index contributed by atoms with van der Waals surface area (Å²) in [5, 5.41) is 0.158. The summed E-state index contributed by atoms with van der Waals surface area (Å²) < 4.78 is 78.3. The lowest BCUT2D eigenvalue weighted by Crippen LogP contribution is -2.42. The third-order valence-electron chi connectivity index (χ3n) is 6.58. The van der Waals surface area contributed by atoms with Crippen molar-refractivity contribution >= 4 is 26.7 Å². The molecule has 3 heterocycles. The van der Waals surface area contributed by atoms with Crippen LogP contribution in [0.5, 0.6) is 5.75 Å². The van der Waals surface area contributed by atoms with Crippen LogP contribution < -0.4 is 9.46 Å². The van der Waals surface area contributed by atoms with Crippen LogP contribution in [0, 0.1) is 11.7 Å². The molecule has 1 saturated heterocycles. The molecule has 1 aromatic heterocycles. The lowest BCUT2D eigenvalue weighted by molar-refractivity contribution is -0.0134. The number of anilines is 1. The second-order valence-electron chi connectivity index (χ2n) is 8.63. The summed E-state index contributed by atoms with van der Waals surface area (Å²) in [7, 11) is -3.89. The number of nitrogens with zero attached hydrogens (tertiary/aromatic N) is 3. The van der Waals surface area contributed by atoms with Crippen molar-refractivity contribution in [2.45, 2.75) is 42.7 Å². The highest BCUT2D eigenvalue weighted by atomic mass is 32.2. The molecule has 2 aromatic carbocycles. The van der Waals surface area contributed by atoms with E-state index in [2.05, 4.69) is 19.0 Å². The van der Waals surface area contributed by atoms with Gasteiger partial charge in [-0.05, 0) is 43.1 Å². The van der Waals surface area contributed by atoms with Gasteiger partial charge in [-0.25, -0.2) is 26.6 Å². The number of rotatable bonds is 6. The van der Waals surface area contributed by atoms with Crippen LogP contribution in [0.15, 0.2) is 53.7 Å². The van der Waals surface area contributed by atoms with E-state index in [1.165, 1.54) is 30.6 Å². The zero-order chi connectivity index (χ0) is 24.6. The number of ether oxygens (including phenoxy) is 1. The molecule has 1 unspecified atom stereocenters. The van der Waals surface area contributed by atoms with Crippen molar-refractivity contribution in [3.63, 3.8) is 0 Å². The second kappa shape index (κ2) is 9.75. The van der Waals surface area contributed by atoms with Gasteiger partial charge in [-0.1, -0.05) is 18.2 Å². The normalized spacial score (nSPS) is 23.0. The number of nitrogens with one attached hydrogen (secondary N) is 1. The summed E-state index contributed by atoms with van der Waals surface area (Å²) in [5.41, 5.74) is 1.58. The van der Waals surface area contributed by atoms with E-state index in [1.807, 2.05) is 0 Å². The SMILES string of the molecule is O=S(=O)(Nc1ncns1)c1ccc2c(c1)OCC[C@@H]2N1CC[C@@H](C(F)F)CC1c1ccc(F)cc1. The Hall–Kier alpha value is -2.70. The Labute approximate surface area is 205 Å². The van der Waals surface area contributed by atoms with Crippen molar-refractivity contribution in [3.05, 3.63) is 65.7 Å². The highest BCUT2D eigenvalue weighted by molar-refractivity contribution is 7.93. The summed E-state index contributed by atoms with van der Waals surface area (Å²) in [6.45, 7) is 0.801. The van der Waals surface area contributed by atoms with Gasteiger partial charge in [-0.2, -0.15) is 4.37 Å². The van der Waals surface area contributed by atoms with Crippen LogP contribution in [0.4, 0.5) is 18.3 Å². The fraction of sp³-hybridized carbons (Fsp3) is 0.391. The highest BCUT2D eigenvalue weighted by Crippen LogP contribution is 2.46. The van der Waals surface area contributed by atoms with Gasteiger partial charge in [0.1, 0.15) is 17.9 Å². The van der Waals surface area contributed by atoms with Gasteiger partial charge in [0.05, 0.1) is 11.5 Å². The van der Waals surface area contributed by atoms with E-state index in [-0.39, 0.29) is 34.3 Å². The fourth-order valence-electron chi connectivity index (χ4n) is 4.88. The van der Waals surface area contributed by atoms with E-state index < -0.39 is 22.4 Å². The zero-order valence-corrected chi connectivity index (χ0v) is 20.1. The van der Waals surface area contributed by atoms with Gasteiger partial charge in [-0.15, -0.1) is 0 Å². The largest absolute Gasteiger partial charge is 0.493 e. The average molecular weight is 525 g/mol. The molecule has 7 nitrogen and oxygen atoms in total. The summed E-state index contributed by atoms with van der Waals surface area (Å²) >= 11 is 0.927. The Morgan fingerprint density at radius 2 is 1.91 bits per heavy atom. The molecule has 0 saturated carbocycles. The molecule has 1 N–H and O–H groups in total. The number of likely N-dealkylation sites (tertiary alicyclic amines) is 1. The maximum absolute atomic E-state index is 13.6. The zero-order valence-electron chi connectivity index (χ0n) is 18.5. The van der Waals surface area contributed by atoms with E-state index in [0.717, 1.165) is 22.7 Å². The van der Waals surface area contributed by atoms with E-state index in [1.54, 1.807) is 18.2 Å². The van der Waals surface area contributed by atoms with Gasteiger partial charge < -0.3 is 4.74 Å². The van der Waals surface area contributed by atoms with Gasteiger partial charge in [0.25, 0.3) is 10.0 Å². The molecule has 0 spiro atoms. The molecule has 2 aliphatic heterocycles. The van der Waals surface area contributed by atoms with E-state index in [0.29, 0.717) is 31.7 Å². The number of hydrogen-bond donors (Lipinski definition) is 1. The molecule has 12 heteroatoms.